The molecule has 0 saturated heterocycles. The molecule has 0 heterocycles. The molecule has 0 bridgehead atoms. The monoisotopic (exact) mass is 392 g/mol. The number of hydrogen-bond donors (Lipinski definition) is 2. The van der Waals surface area contributed by atoms with Gasteiger partial charge in [0.2, 0.25) is 0 Å². The average molecular weight is 392 g/mol. The number of carbonyl (C=O) groups is 2. The highest BCUT2D eigenvalue weighted by Crippen LogP contribution is 2.21. The van der Waals surface area contributed by atoms with Crippen molar-refractivity contribution in [3.8, 4) is 5.75 Å². The summed E-state index contributed by atoms with van der Waals surface area (Å²) in [6, 6.07) is 20.1. The highest BCUT2D eigenvalue weighted by atomic mass is 19.1. The number of aryl methyl sites for hydroxylation is 1. The van der Waals surface area contributed by atoms with E-state index in [4.69, 9.17) is 4.74 Å². The molecule has 0 radical (unpaired) electrons. The highest BCUT2D eigenvalue weighted by molar-refractivity contribution is 6.06. The number of amides is 2. The molecule has 148 valence electrons. The van der Waals surface area contributed by atoms with Gasteiger partial charge in [-0.05, 0) is 48.4 Å². The molecule has 0 aliphatic rings. The van der Waals surface area contributed by atoms with Gasteiger partial charge in [-0.25, -0.2) is 4.39 Å². The molecule has 0 aliphatic heterocycles. The molecule has 0 atom stereocenters. The standard InChI is InChI=1S/C23H21FN2O3/c1-2-16-8-7-9-17(14-16)25-23(28)18-10-3-6-13-21(18)29-15-22(27)26-20-12-5-4-11-19(20)24/h3-14H,2,15H2,1H3,(H,25,28)(H,26,27). The van der Waals surface area contributed by atoms with E-state index in [1.54, 1.807) is 30.3 Å². The smallest absolute Gasteiger partial charge is 0.262 e. The lowest BCUT2D eigenvalue weighted by Gasteiger charge is -2.12. The predicted octanol–water partition coefficient (Wildman–Crippen LogP) is 4.66. The van der Waals surface area contributed by atoms with E-state index in [-0.39, 0.29) is 24.0 Å². The zero-order valence-electron chi connectivity index (χ0n) is 15.9. The molecule has 0 saturated carbocycles. The summed E-state index contributed by atoms with van der Waals surface area (Å²) >= 11 is 0. The average Bonchev–Trinajstić information content (AvgIpc) is 2.74. The van der Waals surface area contributed by atoms with Gasteiger partial charge in [0.1, 0.15) is 11.6 Å². The molecule has 2 amide bonds. The first kappa shape index (κ1) is 20.1. The van der Waals surface area contributed by atoms with E-state index < -0.39 is 11.7 Å². The number of para-hydroxylation sites is 2. The third kappa shape index (κ3) is 5.42. The first-order chi connectivity index (χ1) is 14.1. The fraction of sp³-hybridized carbons (Fsp3) is 0.130. The van der Waals surface area contributed by atoms with Crippen molar-refractivity contribution >= 4 is 23.2 Å². The van der Waals surface area contributed by atoms with Crippen LogP contribution in [0.15, 0.2) is 72.8 Å². The van der Waals surface area contributed by atoms with Crippen LogP contribution >= 0.6 is 0 Å². The van der Waals surface area contributed by atoms with Crippen molar-refractivity contribution in [2.75, 3.05) is 17.2 Å². The van der Waals surface area contributed by atoms with Crippen LogP contribution in [0.1, 0.15) is 22.8 Å². The zero-order valence-corrected chi connectivity index (χ0v) is 15.9. The normalized spacial score (nSPS) is 10.3. The van der Waals surface area contributed by atoms with E-state index in [2.05, 4.69) is 10.6 Å². The van der Waals surface area contributed by atoms with Gasteiger partial charge in [-0.15, -0.1) is 0 Å². The predicted molar refractivity (Wildman–Crippen MR) is 111 cm³/mol. The Labute approximate surface area is 168 Å². The maximum atomic E-state index is 13.6. The van der Waals surface area contributed by atoms with E-state index in [0.29, 0.717) is 11.3 Å². The highest BCUT2D eigenvalue weighted by Gasteiger charge is 2.14. The maximum Gasteiger partial charge on any atom is 0.262 e. The van der Waals surface area contributed by atoms with Crippen LogP contribution in [-0.4, -0.2) is 18.4 Å². The quantitative estimate of drug-likeness (QED) is 0.615. The largest absolute Gasteiger partial charge is 0.483 e. The van der Waals surface area contributed by atoms with Gasteiger partial charge in [0.15, 0.2) is 6.61 Å². The van der Waals surface area contributed by atoms with Crippen molar-refractivity contribution in [3.05, 3.63) is 89.7 Å². The van der Waals surface area contributed by atoms with Crippen molar-refractivity contribution in [2.24, 2.45) is 0 Å². The molecule has 3 aromatic rings. The number of nitrogens with one attached hydrogen (secondary N) is 2. The van der Waals surface area contributed by atoms with Gasteiger partial charge in [0.05, 0.1) is 11.3 Å². The minimum absolute atomic E-state index is 0.0722. The number of benzene rings is 3. The summed E-state index contributed by atoms with van der Waals surface area (Å²) in [5.41, 5.74) is 2.16. The van der Waals surface area contributed by atoms with Gasteiger partial charge in [-0.3, -0.25) is 9.59 Å². The molecular weight excluding hydrogens is 371 g/mol. The molecule has 6 heteroatoms. The first-order valence-corrected chi connectivity index (χ1v) is 9.23. The lowest BCUT2D eigenvalue weighted by molar-refractivity contribution is -0.118. The van der Waals surface area contributed by atoms with Crippen molar-refractivity contribution in [1.82, 2.24) is 0 Å². The van der Waals surface area contributed by atoms with Crippen LogP contribution in [-0.2, 0) is 11.2 Å². The summed E-state index contributed by atoms with van der Waals surface area (Å²) in [6.45, 7) is 1.68. The molecule has 0 fully saturated rings. The summed E-state index contributed by atoms with van der Waals surface area (Å²) in [6.07, 6.45) is 0.862. The molecule has 2 N–H and O–H groups in total. The van der Waals surface area contributed by atoms with Gasteiger partial charge in [-0.1, -0.05) is 43.3 Å². The summed E-state index contributed by atoms with van der Waals surface area (Å²) < 4.78 is 19.2. The van der Waals surface area contributed by atoms with Crippen LogP contribution in [0.4, 0.5) is 15.8 Å². The van der Waals surface area contributed by atoms with Crippen LogP contribution in [0.25, 0.3) is 0 Å². The van der Waals surface area contributed by atoms with Crippen molar-refractivity contribution in [3.63, 3.8) is 0 Å². The van der Waals surface area contributed by atoms with Gasteiger partial charge in [-0.2, -0.15) is 0 Å². The molecule has 0 aliphatic carbocycles. The molecule has 29 heavy (non-hydrogen) atoms. The molecule has 0 aromatic heterocycles. The van der Waals surface area contributed by atoms with Crippen LogP contribution < -0.4 is 15.4 Å². The second-order valence-corrected chi connectivity index (χ2v) is 6.32. The summed E-state index contributed by atoms with van der Waals surface area (Å²) in [5, 5.41) is 5.28. The van der Waals surface area contributed by atoms with Gasteiger partial charge in [0, 0.05) is 5.69 Å². The molecule has 3 rings (SSSR count). The lowest BCUT2D eigenvalue weighted by atomic mass is 10.1. The van der Waals surface area contributed by atoms with Crippen LogP contribution in [0, 0.1) is 5.82 Å². The van der Waals surface area contributed by atoms with Crippen LogP contribution in [0.5, 0.6) is 5.75 Å². The SMILES string of the molecule is CCc1cccc(NC(=O)c2ccccc2OCC(=O)Nc2ccccc2F)c1. The lowest BCUT2D eigenvalue weighted by Crippen LogP contribution is -2.22. The van der Waals surface area contributed by atoms with E-state index in [9.17, 15) is 14.0 Å². The number of hydrogen-bond acceptors (Lipinski definition) is 3. The minimum atomic E-state index is -0.532. The molecule has 3 aromatic carbocycles. The number of halogens is 1. The fourth-order valence-corrected chi connectivity index (χ4v) is 2.74. The second-order valence-electron chi connectivity index (χ2n) is 6.32. The summed E-state index contributed by atoms with van der Waals surface area (Å²) in [5.74, 6) is -1.14. The Morgan fingerprint density at radius 2 is 1.69 bits per heavy atom. The van der Waals surface area contributed by atoms with E-state index in [1.807, 2.05) is 31.2 Å². The fourth-order valence-electron chi connectivity index (χ4n) is 2.74. The number of rotatable bonds is 7. The Hall–Kier alpha value is -3.67. The van der Waals surface area contributed by atoms with Crippen molar-refractivity contribution in [1.29, 1.82) is 0 Å². The number of carbonyl (C=O) groups excluding carboxylic acids is 2. The minimum Gasteiger partial charge on any atom is -0.483 e. The third-order valence-corrected chi connectivity index (χ3v) is 4.23. The van der Waals surface area contributed by atoms with Gasteiger partial charge >= 0.3 is 0 Å². The van der Waals surface area contributed by atoms with Gasteiger partial charge < -0.3 is 15.4 Å². The second kappa shape index (κ2) is 9.50. The Balaban J connectivity index is 1.66. The molecule has 5 nitrogen and oxygen atoms in total. The molecular formula is C23H21FN2O3. The van der Waals surface area contributed by atoms with Crippen LogP contribution in [0.3, 0.4) is 0 Å². The van der Waals surface area contributed by atoms with Crippen LogP contribution in [0.2, 0.25) is 0 Å². The zero-order chi connectivity index (χ0) is 20.6. The van der Waals surface area contributed by atoms with E-state index in [1.165, 1.54) is 18.2 Å². The van der Waals surface area contributed by atoms with Gasteiger partial charge in [0.25, 0.3) is 11.8 Å². The Morgan fingerprint density at radius 3 is 2.48 bits per heavy atom. The third-order valence-electron chi connectivity index (χ3n) is 4.23. The number of anilines is 2. The van der Waals surface area contributed by atoms with Crippen molar-refractivity contribution < 1.29 is 18.7 Å². The first-order valence-electron chi connectivity index (χ1n) is 9.23. The topological polar surface area (TPSA) is 67.4 Å². The van der Waals surface area contributed by atoms with E-state index in [0.717, 1.165) is 12.0 Å². The number of ether oxygens (including phenoxy) is 1. The molecule has 0 unspecified atom stereocenters. The summed E-state index contributed by atoms with van der Waals surface area (Å²) in [4.78, 5) is 24.8. The molecule has 0 spiro atoms. The Morgan fingerprint density at radius 1 is 0.931 bits per heavy atom. The maximum absolute atomic E-state index is 13.6. The van der Waals surface area contributed by atoms with E-state index >= 15 is 0 Å². The Kier molecular flexibility index (Phi) is 6.58. The Bertz CT molecular complexity index is 1020. The van der Waals surface area contributed by atoms with Crippen molar-refractivity contribution in [2.45, 2.75) is 13.3 Å². The summed E-state index contributed by atoms with van der Waals surface area (Å²) in [7, 11) is 0.